The van der Waals surface area contributed by atoms with Crippen LogP contribution in [0.25, 0.3) is 0 Å². The molecule has 0 aliphatic rings. The quantitative estimate of drug-likeness (QED) is 0.518. The molecule has 0 heterocycles. The molecule has 1 atom stereocenters. The summed E-state index contributed by atoms with van der Waals surface area (Å²) in [7, 11) is 3.22. The number of amides is 1. The van der Waals surface area contributed by atoms with Crippen molar-refractivity contribution < 1.29 is 15.0 Å². The maximum atomic E-state index is 10.8. The predicted octanol–water partition coefficient (Wildman–Crippen LogP) is -1.02. The van der Waals surface area contributed by atoms with Gasteiger partial charge in [0.25, 0.3) is 0 Å². The summed E-state index contributed by atoms with van der Waals surface area (Å²) in [6.45, 7) is -0.364. The zero-order chi connectivity index (χ0) is 8.85. The lowest BCUT2D eigenvalue weighted by atomic mass is 10.3. The van der Waals surface area contributed by atoms with Gasteiger partial charge in [-0.25, -0.2) is 0 Å². The van der Waals surface area contributed by atoms with Crippen LogP contribution in [-0.2, 0) is 4.79 Å². The third-order valence-electron chi connectivity index (χ3n) is 1.09. The van der Waals surface area contributed by atoms with E-state index in [0.717, 1.165) is 0 Å². The summed E-state index contributed by atoms with van der Waals surface area (Å²) < 4.78 is 0. The third-order valence-corrected chi connectivity index (χ3v) is 1.09. The van der Waals surface area contributed by atoms with Gasteiger partial charge in [-0.05, 0) is 6.08 Å². The number of rotatable bonds is 3. The second-order valence-corrected chi connectivity index (χ2v) is 2.34. The maximum absolute atomic E-state index is 10.8. The molecule has 0 aromatic heterocycles. The van der Waals surface area contributed by atoms with Gasteiger partial charge in [0.1, 0.15) is 0 Å². The molecule has 0 saturated heterocycles. The Bertz CT molecular complexity index is 154. The summed E-state index contributed by atoms with van der Waals surface area (Å²) in [4.78, 5) is 12.2. The minimum atomic E-state index is -0.945. The van der Waals surface area contributed by atoms with Gasteiger partial charge in [-0.3, -0.25) is 4.79 Å². The Morgan fingerprint density at radius 3 is 2.55 bits per heavy atom. The molecule has 64 valence electrons. The van der Waals surface area contributed by atoms with Crippen molar-refractivity contribution >= 4 is 5.91 Å². The highest BCUT2D eigenvalue weighted by molar-refractivity contribution is 5.87. The van der Waals surface area contributed by atoms with E-state index in [9.17, 15) is 4.79 Å². The van der Waals surface area contributed by atoms with Crippen molar-refractivity contribution in [1.29, 1.82) is 0 Å². The van der Waals surface area contributed by atoms with Crippen molar-refractivity contribution in [2.45, 2.75) is 6.10 Å². The molecule has 0 aliphatic carbocycles. The topological polar surface area (TPSA) is 60.8 Å². The van der Waals surface area contributed by atoms with Crippen molar-refractivity contribution in [3.63, 3.8) is 0 Å². The van der Waals surface area contributed by atoms with Gasteiger partial charge >= 0.3 is 0 Å². The summed E-state index contributed by atoms with van der Waals surface area (Å²) in [5.74, 6) is -0.211. The van der Waals surface area contributed by atoms with Crippen LogP contribution in [0.1, 0.15) is 0 Å². The molecule has 0 aliphatic heterocycles. The number of hydrogen-bond acceptors (Lipinski definition) is 3. The average Bonchev–Trinajstić information content (AvgIpc) is 1.99. The van der Waals surface area contributed by atoms with Crippen molar-refractivity contribution in [2.75, 3.05) is 20.7 Å². The van der Waals surface area contributed by atoms with E-state index >= 15 is 0 Å². The fraction of sp³-hybridized carbons (Fsp3) is 0.571. The molecule has 0 rings (SSSR count). The molecular formula is C7H13NO3. The lowest BCUT2D eigenvalue weighted by Crippen LogP contribution is -2.20. The molecule has 1 amide bonds. The van der Waals surface area contributed by atoms with Gasteiger partial charge in [0.2, 0.25) is 5.91 Å². The fourth-order valence-corrected chi connectivity index (χ4v) is 0.403. The number of aliphatic hydroxyl groups excluding tert-OH is 2. The molecular weight excluding hydrogens is 146 g/mol. The summed E-state index contributed by atoms with van der Waals surface area (Å²) in [5, 5.41) is 17.1. The second-order valence-electron chi connectivity index (χ2n) is 2.34. The largest absolute Gasteiger partial charge is 0.393 e. The van der Waals surface area contributed by atoms with Crippen LogP contribution in [-0.4, -0.2) is 47.8 Å². The number of nitrogens with zero attached hydrogens (tertiary/aromatic N) is 1. The Morgan fingerprint density at radius 2 is 2.18 bits per heavy atom. The van der Waals surface area contributed by atoms with Gasteiger partial charge in [0.15, 0.2) is 0 Å². The Morgan fingerprint density at radius 1 is 1.64 bits per heavy atom. The number of hydrogen-bond donors (Lipinski definition) is 2. The van der Waals surface area contributed by atoms with E-state index in [4.69, 9.17) is 10.2 Å². The average molecular weight is 159 g/mol. The Hall–Kier alpha value is -0.870. The minimum absolute atomic E-state index is 0.211. The Balaban J connectivity index is 3.83. The van der Waals surface area contributed by atoms with Crippen LogP contribution in [0.15, 0.2) is 12.2 Å². The molecule has 0 bridgehead atoms. The van der Waals surface area contributed by atoms with Gasteiger partial charge in [-0.2, -0.15) is 0 Å². The van der Waals surface area contributed by atoms with E-state index in [2.05, 4.69) is 0 Å². The molecule has 11 heavy (non-hydrogen) atoms. The zero-order valence-corrected chi connectivity index (χ0v) is 6.69. The van der Waals surface area contributed by atoms with Gasteiger partial charge in [0, 0.05) is 20.2 Å². The van der Waals surface area contributed by atoms with Crippen LogP contribution in [0, 0.1) is 0 Å². The van der Waals surface area contributed by atoms with Crippen LogP contribution in [0.4, 0.5) is 0 Å². The molecule has 4 nitrogen and oxygen atoms in total. The van der Waals surface area contributed by atoms with Crippen LogP contribution >= 0.6 is 0 Å². The fourth-order valence-electron chi connectivity index (χ4n) is 0.403. The van der Waals surface area contributed by atoms with Crippen LogP contribution in [0.2, 0.25) is 0 Å². The molecule has 0 aromatic rings. The highest BCUT2D eigenvalue weighted by Gasteiger charge is 1.99. The highest BCUT2D eigenvalue weighted by Crippen LogP contribution is 1.86. The SMILES string of the molecule is CN(C)C(=O)C=CC(O)CO. The van der Waals surface area contributed by atoms with Gasteiger partial charge < -0.3 is 15.1 Å². The number of carbonyl (C=O) groups is 1. The second kappa shape index (κ2) is 4.87. The molecule has 0 aromatic carbocycles. The van der Waals surface area contributed by atoms with E-state index in [1.165, 1.54) is 17.1 Å². The molecule has 0 fully saturated rings. The van der Waals surface area contributed by atoms with Crippen LogP contribution in [0.3, 0.4) is 0 Å². The van der Waals surface area contributed by atoms with Crippen molar-refractivity contribution in [2.24, 2.45) is 0 Å². The van der Waals surface area contributed by atoms with Crippen molar-refractivity contribution in [3.8, 4) is 0 Å². The summed E-state index contributed by atoms with van der Waals surface area (Å²) in [5.41, 5.74) is 0. The number of likely N-dealkylation sites (N-methyl/N-ethyl adjacent to an activating group) is 1. The van der Waals surface area contributed by atoms with Gasteiger partial charge in [-0.15, -0.1) is 0 Å². The molecule has 2 N–H and O–H groups in total. The Kier molecular flexibility index (Phi) is 4.49. The first-order valence-corrected chi connectivity index (χ1v) is 3.26. The monoisotopic (exact) mass is 159 g/mol. The number of aliphatic hydroxyl groups is 2. The summed E-state index contributed by atoms with van der Waals surface area (Å²) >= 11 is 0. The number of carbonyl (C=O) groups excluding carboxylic acids is 1. The highest BCUT2D eigenvalue weighted by atomic mass is 16.3. The molecule has 0 spiro atoms. The molecule has 4 heteroatoms. The first kappa shape index (κ1) is 10.1. The van der Waals surface area contributed by atoms with Crippen molar-refractivity contribution in [3.05, 3.63) is 12.2 Å². The standard InChI is InChI=1S/C7H13NO3/c1-8(2)7(11)4-3-6(10)5-9/h3-4,6,9-10H,5H2,1-2H3. The van der Waals surface area contributed by atoms with E-state index in [1.807, 2.05) is 0 Å². The van der Waals surface area contributed by atoms with Gasteiger partial charge in [-0.1, -0.05) is 0 Å². The predicted molar refractivity (Wildman–Crippen MR) is 40.9 cm³/mol. The smallest absolute Gasteiger partial charge is 0.245 e. The third kappa shape index (κ3) is 4.52. The molecule has 0 saturated carbocycles. The van der Waals surface area contributed by atoms with Crippen LogP contribution < -0.4 is 0 Å². The summed E-state index contributed by atoms with van der Waals surface area (Å²) in [6, 6.07) is 0. The normalized spacial score (nSPS) is 13.5. The zero-order valence-electron chi connectivity index (χ0n) is 6.69. The molecule has 1 unspecified atom stereocenters. The Labute approximate surface area is 65.7 Å². The lowest BCUT2D eigenvalue weighted by molar-refractivity contribution is -0.123. The van der Waals surface area contributed by atoms with E-state index in [-0.39, 0.29) is 12.5 Å². The van der Waals surface area contributed by atoms with Crippen molar-refractivity contribution in [1.82, 2.24) is 4.90 Å². The van der Waals surface area contributed by atoms with E-state index in [1.54, 1.807) is 14.1 Å². The molecule has 0 radical (unpaired) electrons. The maximum Gasteiger partial charge on any atom is 0.245 e. The van der Waals surface area contributed by atoms with E-state index in [0.29, 0.717) is 0 Å². The first-order chi connectivity index (χ1) is 5.07. The van der Waals surface area contributed by atoms with Crippen LogP contribution in [0.5, 0.6) is 0 Å². The van der Waals surface area contributed by atoms with E-state index < -0.39 is 6.10 Å². The van der Waals surface area contributed by atoms with Gasteiger partial charge in [0.05, 0.1) is 12.7 Å². The minimum Gasteiger partial charge on any atom is -0.393 e. The lowest BCUT2D eigenvalue weighted by Gasteiger charge is -2.05. The summed E-state index contributed by atoms with van der Waals surface area (Å²) in [6.07, 6.45) is 1.53. The first-order valence-electron chi connectivity index (χ1n) is 3.26.